The Balaban J connectivity index is 1.84. The molecule has 0 aliphatic carbocycles. The summed E-state index contributed by atoms with van der Waals surface area (Å²) >= 11 is 0. The predicted octanol–water partition coefficient (Wildman–Crippen LogP) is 3.85. The smallest absolute Gasteiger partial charge is 0.349 e. The van der Waals surface area contributed by atoms with E-state index in [1.165, 1.54) is 13.0 Å². The summed E-state index contributed by atoms with van der Waals surface area (Å²) in [7, 11) is 0. The fraction of sp³-hybridized carbons (Fsp3) is 0.227. The van der Waals surface area contributed by atoms with Crippen LogP contribution in [0.2, 0.25) is 0 Å². The van der Waals surface area contributed by atoms with Gasteiger partial charge in [0.15, 0.2) is 0 Å². The first-order valence-electron chi connectivity index (χ1n) is 9.43. The van der Waals surface area contributed by atoms with E-state index < -0.39 is 11.5 Å². The van der Waals surface area contributed by atoms with Gasteiger partial charge in [-0.15, -0.1) is 0 Å². The van der Waals surface area contributed by atoms with E-state index in [4.69, 9.17) is 4.42 Å². The van der Waals surface area contributed by atoms with Gasteiger partial charge in [-0.1, -0.05) is 0 Å². The summed E-state index contributed by atoms with van der Waals surface area (Å²) in [6, 6.07) is 13.7. The Hall–Kier alpha value is -3.61. The van der Waals surface area contributed by atoms with Crippen LogP contribution in [0.4, 0.5) is 17.1 Å². The minimum absolute atomic E-state index is 0.0703. The molecule has 0 spiro atoms. The van der Waals surface area contributed by atoms with E-state index in [0.717, 1.165) is 18.8 Å². The lowest BCUT2D eigenvalue weighted by atomic mass is 10.1. The molecule has 1 heterocycles. The Kier molecular flexibility index (Phi) is 5.97. The summed E-state index contributed by atoms with van der Waals surface area (Å²) in [5, 5.41) is 5.99. The van der Waals surface area contributed by atoms with E-state index in [9.17, 15) is 14.4 Å². The van der Waals surface area contributed by atoms with Gasteiger partial charge in [0, 0.05) is 48.5 Å². The number of nitrogens with zero attached hydrogens (tertiary/aromatic N) is 1. The summed E-state index contributed by atoms with van der Waals surface area (Å²) in [4.78, 5) is 38.1. The molecule has 0 saturated carbocycles. The third kappa shape index (κ3) is 4.63. The molecule has 0 saturated heterocycles. The van der Waals surface area contributed by atoms with Crippen molar-refractivity contribution in [1.82, 2.24) is 0 Å². The molecule has 3 aromatic rings. The second kappa shape index (κ2) is 8.60. The molecule has 2 N–H and O–H groups in total. The monoisotopic (exact) mass is 393 g/mol. The van der Waals surface area contributed by atoms with Crippen LogP contribution in [0, 0.1) is 0 Å². The van der Waals surface area contributed by atoms with Crippen molar-refractivity contribution in [3.63, 3.8) is 0 Å². The van der Waals surface area contributed by atoms with Crippen LogP contribution in [-0.2, 0) is 4.79 Å². The van der Waals surface area contributed by atoms with Crippen molar-refractivity contribution in [1.29, 1.82) is 0 Å². The van der Waals surface area contributed by atoms with Gasteiger partial charge >= 0.3 is 5.63 Å². The van der Waals surface area contributed by atoms with Crippen molar-refractivity contribution in [2.75, 3.05) is 28.6 Å². The van der Waals surface area contributed by atoms with Gasteiger partial charge in [0.2, 0.25) is 5.91 Å². The Morgan fingerprint density at radius 2 is 1.55 bits per heavy atom. The Labute approximate surface area is 168 Å². The van der Waals surface area contributed by atoms with Crippen molar-refractivity contribution < 1.29 is 14.0 Å². The molecule has 2 amide bonds. The van der Waals surface area contributed by atoms with Gasteiger partial charge < -0.3 is 20.0 Å². The number of hydrogen-bond donors (Lipinski definition) is 2. The topological polar surface area (TPSA) is 91.7 Å². The van der Waals surface area contributed by atoms with Gasteiger partial charge in [-0.2, -0.15) is 0 Å². The molecule has 7 heteroatoms. The molecule has 0 fully saturated rings. The van der Waals surface area contributed by atoms with Crippen molar-refractivity contribution in [3.8, 4) is 0 Å². The third-order valence-corrected chi connectivity index (χ3v) is 4.56. The zero-order valence-electron chi connectivity index (χ0n) is 16.6. The second-order valence-electron chi connectivity index (χ2n) is 6.55. The molecule has 0 aliphatic heterocycles. The molecule has 7 nitrogen and oxygen atoms in total. The predicted molar refractivity (Wildman–Crippen MR) is 115 cm³/mol. The van der Waals surface area contributed by atoms with Gasteiger partial charge in [-0.3, -0.25) is 9.59 Å². The molecule has 0 aliphatic rings. The number of carbonyl (C=O) groups excluding carboxylic acids is 2. The van der Waals surface area contributed by atoms with E-state index in [0.29, 0.717) is 22.3 Å². The van der Waals surface area contributed by atoms with Crippen LogP contribution in [0.5, 0.6) is 0 Å². The Bertz CT molecular complexity index is 1100. The molecule has 1 aromatic heterocycles. The molecule has 150 valence electrons. The largest absolute Gasteiger partial charge is 0.422 e. The highest BCUT2D eigenvalue weighted by Gasteiger charge is 2.15. The van der Waals surface area contributed by atoms with E-state index in [-0.39, 0.29) is 11.5 Å². The lowest BCUT2D eigenvalue weighted by molar-refractivity contribution is -0.114. The molecular formula is C22H23N3O4. The average Bonchev–Trinajstić information content (AvgIpc) is 2.69. The maximum atomic E-state index is 12.6. The standard InChI is InChI=1S/C22H23N3O4/c1-4-25(5-2)18-11-6-15-12-19(22(28)29-20(15)13-18)21(27)24-17-9-7-16(8-10-17)23-14(3)26/h6-13H,4-5H2,1-3H3,(H,23,26)(H,24,27). The summed E-state index contributed by atoms with van der Waals surface area (Å²) in [6.07, 6.45) is 0. The molecule has 3 rings (SSSR count). The summed E-state index contributed by atoms with van der Waals surface area (Å²) in [5.74, 6) is -0.736. The SMILES string of the molecule is CCN(CC)c1ccc2cc(C(=O)Nc3ccc(NC(C)=O)cc3)c(=O)oc2c1. The van der Waals surface area contributed by atoms with Gasteiger partial charge in [0.25, 0.3) is 5.91 Å². The molecule has 0 radical (unpaired) electrons. The summed E-state index contributed by atoms with van der Waals surface area (Å²) < 4.78 is 5.40. The fourth-order valence-electron chi connectivity index (χ4n) is 3.08. The minimum atomic E-state index is -0.693. The van der Waals surface area contributed by atoms with Gasteiger partial charge in [0.1, 0.15) is 11.1 Å². The number of benzene rings is 2. The van der Waals surface area contributed by atoms with Crippen molar-refractivity contribution in [2.24, 2.45) is 0 Å². The lowest BCUT2D eigenvalue weighted by Gasteiger charge is -2.21. The maximum Gasteiger partial charge on any atom is 0.349 e. The van der Waals surface area contributed by atoms with Crippen LogP contribution in [0.1, 0.15) is 31.1 Å². The van der Waals surface area contributed by atoms with Crippen LogP contribution in [-0.4, -0.2) is 24.9 Å². The highest BCUT2D eigenvalue weighted by atomic mass is 16.4. The van der Waals surface area contributed by atoms with Crippen LogP contribution in [0.3, 0.4) is 0 Å². The van der Waals surface area contributed by atoms with E-state index >= 15 is 0 Å². The van der Waals surface area contributed by atoms with E-state index in [1.807, 2.05) is 18.2 Å². The van der Waals surface area contributed by atoms with Crippen molar-refractivity contribution in [2.45, 2.75) is 20.8 Å². The molecule has 0 atom stereocenters. The molecule has 0 unspecified atom stereocenters. The highest BCUT2D eigenvalue weighted by Crippen LogP contribution is 2.22. The normalized spacial score (nSPS) is 10.6. The Morgan fingerprint density at radius 1 is 0.931 bits per heavy atom. The number of carbonyl (C=O) groups is 2. The first kappa shape index (κ1) is 20.1. The number of nitrogens with one attached hydrogen (secondary N) is 2. The Morgan fingerprint density at radius 3 is 2.14 bits per heavy atom. The highest BCUT2D eigenvalue weighted by molar-refractivity contribution is 6.05. The van der Waals surface area contributed by atoms with Gasteiger partial charge in [-0.25, -0.2) is 4.79 Å². The third-order valence-electron chi connectivity index (χ3n) is 4.56. The second-order valence-corrected chi connectivity index (χ2v) is 6.55. The minimum Gasteiger partial charge on any atom is -0.422 e. The summed E-state index contributed by atoms with van der Waals surface area (Å²) in [6.45, 7) is 7.21. The van der Waals surface area contributed by atoms with Crippen LogP contribution in [0.15, 0.2) is 57.7 Å². The molecule has 29 heavy (non-hydrogen) atoms. The van der Waals surface area contributed by atoms with E-state index in [1.54, 1.807) is 24.3 Å². The number of hydrogen-bond acceptors (Lipinski definition) is 5. The van der Waals surface area contributed by atoms with Crippen molar-refractivity contribution >= 4 is 39.8 Å². The zero-order chi connectivity index (χ0) is 21.0. The number of amides is 2. The first-order valence-corrected chi connectivity index (χ1v) is 9.43. The molecule has 2 aromatic carbocycles. The maximum absolute atomic E-state index is 12.6. The molecule has 0 bridgehead atoms. The fourth-order valence-corrected chi connectivity index (χ4v) is 3.08. The lowest BCUT2D eigenvalue weighted by Crippen LogP contribution is -2.22. The number of anilines is 3. The molecular weight excluding hydrogens is 370 g/mol. The quantitative estimate of drug-likeness (QED) is 0.621. The first-order chi connectivity index (χ1) is 13.9. The number of fused-ring (bicyclic) bond motifs is 1. The zero-order valence-corrected chi connectivity index (χ0v) is 16.6. The van der Waals surface area contributed by atoms with Gasteiger partial charge in [0.05, 0.1) is 0 Å². The van der Waals surface area contributed by atoms with Crippen LogP contribution in [0.25, 0.3) is 11.0 Å². The summed E-state index contributed by atoms with van der Waals surface area (Å²) in [5.41, 5.74) is 1.75. The van der Waals surface area contributed by atoms with E-state index in [2.05, 4.69) is 29.4 Å². The van der Waals surface area contributed by atoms with Crippen molar-refractivity contribution in [3.05, 3.63) is 64.5 Å². The van der Waals surface area contributed by atoms with Crippen LogP contribution >= 0.6 is 0 Å². The van der Waals surface area contributed by atoms with Gasteiger partial charge in [-0.05, 0) is 56.3 Å². The number of rotatable bonds is 6. The van der Waals surface area contributed by atoms with Crippen LogP contribution < -0.4 is 21.2 Å². The average molecular weight is 393 g/mol.